The number of hydrogen-bond donors (Lipinski definition) is 1. The van der Waals surface area contributed by atoms with Crippen molar-refractivity contribution in [2.45, 2.75) is 19.5 Å². The van der Waals surface area contributed by atoms with Crippen LogP contribution in [-0.4, -0.2) is 35.9 Å². The maximum atomic E-state index is 13.1. The molecule has 3 aromatic rings. The minimum atomic E-state index is -0.879. The zero-order valence-corrected chi connectivity index (χ0v) is 18.0. The van der Waals surface area contributed by atoms with Crippen LogP contribution in [-0.2, 0) is 16.1 Å². The maximum Gasteiger partial charge on any atom is 0.296 e. The molecule has 1 saturated heterocycles. The molecule has 0 bridgehead atoms. The number of para-hydroxylation sites is 1. The number of hydrogen-bond acceptors (Lipinski definition) is 6. The van der Waals surface area contributed by atoms with Crippen LogP contribution in [0.3, 0.4) is 0 Å². The number of rotatable bonds is 6. The summed E-state index contributed by atoms with van der Waals surface area (Å²) in [7, 11) is 3.08. The normalized spacial score (nSPS) is 17.6. The van der Waals surface area contributed by atoms with Crippen molar-refractivity contribution < 1.29 is 28.6 Å². The molecule has 32 heavy (non-hydrogen) atoms. The molecule has 2 heterocycles. The van der Waals surface area contributed by atoms with Crippen LogP contribution in [0, 0.1) is 6.92 Å². The highest BCUT2D eigenvalue weighted by Gasteiger charge is 2.47. The van der Waals surface area contributed by atoms with Gasteiger partial charge in [-0.2, -0.15) is 0 Å². The van der Waals surface area contributed by atoms with E-state index in [0.717, 1.165) is 5.56 Å². The number of aliphatic hydroxyl groups excluding tert-OH is 1. The Hall–Kier alpha value is -4.00. The summed E-state index contributed by atoms with van der Waals surface area (Å²) in [6, 6.07) is 16.5. The van der Waals surface area contributed by atoms with E-state index in [9.17, 15) is 14.7 Å². The maximum absolute atomic E-state index is 13.1. The number of methoxy groups -OCH3 is 2. The first-order chi connectivity index (χ1) is 15.4. The van der Waals surface area contributed by atoms with Gasteiger partial charge in [0.2, 0.25) is 0 Å². The second-order valence-corrected chi connectivity index (χ2v) is 7.42. The molecule has 1 N–H and O–H groups in total. The molecule has 1 atom stereocenters. The number of Topliss-reactive ketones (excluding diaryl/α,β-unsaturated/α-hetero) is 1. The third-order valence-corrected chi connectivity index (χ3v) is 5.47. The second-order valence-electron chi connectivity index (χ2n) is 7.42. The van der Waals surface area contributed by atoms with Gasteiger partial charge in [0.1, 0.15) is 34.8 Å². The van der Waals surface area contributed by atoms with Crippen LogP contribution in [0.2, 0.25) is 0 Å². The van der Waals surface area contributed by atoms with Crippen molar-refractivity contribution in [2.24, 2.45) is 0 Å². The Bertz CT molecular complexity index is 1190. The molecule has 1 amide bonds. The highest BCUT2D eigenvalue weighted by molar-refractivity contribution is 6.46. The van der Waals surface area contributed by atoms with E-state index < -0.39 is 17.7 Å². The lowest BCUT2D eigenvalue weighted by molar-refractivity contribution is -0.140. The first kappa shape index (κ1) is 21.2. The third kappa shape index (κ3) is 3.73. The summed E-state index contributed by atoms with van der Waals surface area (Å²) in [6.07, 6.45) is 0. The summed E-state index contributed by atoms with van der Waals surface area (Å²) < 4.78 is 16.4. The van der Waals surface area contributed by atoms with Crippen molar-refractivity contribution >= 4 is 17.4 Å². The van der Waals surface area contributed by atoms with Crippen LogP contribution in [0.1, 0.15) is 28.7 Å². The molecule has 1 unspecified atom stereocenters. The summed E-state index contributed by atoms with van der Waals surface area (Å²) in [5, 5.41) is 11.1. The number of ether oxygens (including phenoxy) is 2. The van der Waals surface area contributed by atoms with E-state index >= 15 is 0 Å². The molecule has 0 saturated carbocycles. The van der Waals surface area contributed by atoms with E-state index in [4.69, 9.17) is 13.9 Å². The lowest BCUT2D eigenvalue weighted by Crippen LogP contribution is -2.29. The fourth-order valence-corrected chi connectivity index (χ4v) is 3.86. The lowest BCUT2D eigenvalue weighted by atomic mass is 9.99. The number of nitrogens with zero attached hydrogens (tertiary/aromatic N) is 1. The van der Waals surface area contributed by atoms with Gasteiger partial charge < -0.3 is 23.9 Å². The number of furan rings is 1. The molecule has 7 nitrogen and oxygen atoms in total. The first-order valence-corrected chi connectivity index (χ1v) is 10.1. The van der Waals surface area contributed by atoms with Crippen molar-refractivity contribution in [3.05, 3.63) is 88.9 Å². The van der Waals surface area contributed by atoms with Crippen molar-refractivity contribution in [1.29, 1.82) is 0 Å². The molecule has 4 rings (SSSR count). The number of likely N-dealkylation sites (tertiary alicyclic amines) is 1. The predicted octanol–water partition coefficient (Wildman–Crippen LogP) is 4.23. The summed E-state index contributed by atoms with van der Waals surface area (Å²) >= 11 is 0. The summed E-state index contributed by atoms with van der Waals surface area (Å²) in [5.74, 6) is 0.471. The molecule has 0 aliphatic carbocycles. The van der Waals surface area contributed by atoms with Gasteiger partial charge in [0, 0.05) is 11.1 Å². The van der Waals surface area contributed by atoms with E-state index in [1.807, 2.05) is 18.2 Å². The monoisotopic (exact) mass is 433 g/mol. The van der Waals surface area contributed by atoms with Crippen molar-refractivity contribution in [3.8, 4) is 11.5 Å². The lowest BCUT2D eigenvalue weighted by Gasteiger charge is -2.24. The minimum Gasteiger partial charge on any atom is -0.507 e. The Labute approximate surface area is 185 Å². The average molecular weight is 433 g/mol. The molecule has 1 fully saturated rings. The smallest absolute Gasteiger partial charge is 0.296 e. The highest BCUT2D eigenvalue weighted by atomic mass is 16.5. The topological polar surface area (TPSA) is 89.2 Å². The third-order valence-electron chi connectivity index (χ3n) is 5.47. The van der Waals surface area contributed by atoms with Crippen LogP contribution in [0.5, 0.6) is 11.5 Å². The number of aliphatic hydroxyl groups is 1. The number of benzene rings is 2. The number of amides is 1. The van der Waals surface area contributed by atoms with E-state index in [-0.39, 0.29) is 17.9 Å². The largest absolute Gasteiger partial charge is 0.507 e. The fourth-order valence-electron chi connectivity index (χ4n) is 3.86. The van der Waals surface area contributed by atoms with Crippen LogP contribution in [0.25, 0.3) is 5.76 Å². The summed E-state index contributed by atoms with van der Waals surface area (Å²) in [6.45, 7) is 1.89. The highest BCUT2D eigenvalue weighted by Crippen LogP contribution is 2.41. The summed E-state index contributed by atoms with van der Waals surface area (Å²) in [5.41, 5.74) is 1.10. The molecule has 0 spiro atoms. The molecule has 7 heteroatoms. The van der Waals surface area contributed by atoms with E-state index in [0.29, 0.717) is 28.6 Å². The van der Waals surface area contributed by atoms with Gasteiger partial charge in [-0.25, -0.2) is 0 Å². The Morgan fingerprint density at radius 2 is 1.72 bits per heavy atom. The van der Waals surface area contributed by atoms with Gasteiger partial charge in [0.15, 0.2) is 0 Å². The SMILES string of the molecule is COc1ccc(/C(O)=C2\C(=O)C(=O)N(Cc3ccccc3OC)C2c2ccc(C)o2)cc1. The van der Waals surface area contributed by atoms with Gasteiger partial charge in [-0.1, -0.05) is 18.2 Å². The Morgan fingerprint density at radius 1 is 1.00 bits per heavy atom. The second kappa shape index (κ2) is 8.63. The van der Waals surface area contributed by atoms with E-state index in [2.05, 4.69) is 0 Å². The number of ketones is 1. The molecule has 1 aromatic heterocycles. The molecular weight excluding hydrogens is 410 g/mol. The molecule has 2 aromatic carbocycles. The van der Waals surface area contributed by atoms with Crippen LogP contribution in [0.15, 0.2) is 70.7 Å². The standard InChI is InChI=1S/C25H23NO6/c1-15-8-13-20(32-15)22-21(23(27)16-9-11-18(30-2)12-10-16)24(28)25(29)26(22)14-17-6-4-5-7-19(17)31-3/h4-13,22,27H,14H2,1-3H3/b23-21+. The average Bonchev–Trinajstić information content (AvgIpc) is 3.35. The quantitative estimate of drug-likeness (QED) is 0.356. The fraction of sp³-hybridized carbons (Fsp3) is 0.200. The van der Waals surface area contributed by atoms with Gasteiger partial charge in [-0.3, -0.25) is 9.59 Å². The molecule has 164 valence electrons. The Balaban J connectivity index is 1.83. The van der Waals surface area contributed by atoms with Crippen LogP contribution in [0.4, 0.5) is 0 Å². The van der Waals surface area contributed by atoms with Gasteiger partial charge in [-0.05, 0) is 49.4 Å². The minimum absolute atomic E-state index is 0.0237. The van der Waals surface area contributed by atoms with Crippen LogP contribution >= 0.6 is 0 Å². The van der Waals surface area contributed by atoms with Gasteiger partial charge in [-0.15, -0.1) is 0 Å². The summed E-state index contributed by atoms with van der Waals surface area (Å²) in [4.78, 5) is 27.6. The predicted molar refractivity (Wildman–Crippen MR) is 117 cm³/mol. The molecule has 1 aliphatic heterocycles. The number of aryl methyl sites for hydroxylation is 1. The molecule has 1 aliphatic rings. The molecular formula is C25H23NO6. The Kier molecular flexibility index (Phi) is 5.73. The van der Waals surface area contributed by atoms with Crippen molar-refractivity contribution in [1.82, 2.24) is 4.90 Å². The van der Waals surface area contributed by atoms with Gasteiger partial charge in [0.05, 0.1) is 26.3 Å². The first-order valence-electron chi connectivity index (χ1n) is 10.1. The van der Waals surface area contributed by atoms with E-state index in [1.165, 1.54) is 12.0 Å². The van der Waals surface area contributed by atoms with Crippen LogP contribution < -0.4 is 9.47 Å². The number of carbonyl (C=O) groups excluding carboxylic acids is 2. The van der Waals surface area contributed by atoms with Crippen molar-refractivity contribution in [3.63, 3.8) is 0 Å². The van der Waals surface area contributed by atoms with Gasteiger partial charge >= 0.3 is 0 Å². The zero-order valence-electron chi connectivity index (χ0n) is 18.0. The van der Waals surface area contributed by atoms with E-state index in [1.54, 1.807) is 56.5 Å². The molecule has 0 radical (unpaired) electrons. The zero-order chi connectivity index (χ0) is 22.8. The van der Waals surface area contributed by atoms with Gasteiger partial charge in [0.25, 0.3) is 11.7 Å². The van der Waals surface area contributed by atoms with Crippen molar-refractivity contribution in [2.75, 3.05) is 14.2 Å². The number of carbonyl (C=O) groups is 2. The Morgan fingerprint density at radius 3 is 2.34 bits per heavy atom.